The second-order valence-electron chi connectivity index (χ2n) is 2.30. The van der Waals surface area contributed by atoms with Crippen molar-refractivity contribution < 1.29 is 0 Å². The summed E-state index contributed by atoms with van der Waals surface area (Å²) in [5.74, 6) is 0.457. The zero-order valence-electron chi connectivity index (χ0n) is 6.50. The van der Waals surface area contributed by atoms with Gasteiger partial charge in [0.25, 0.3) is 0 Å². The van der Waals surface area contributed by atoms with Gasteiger partial charge in [0.1, 0.15) is 34.9 Å². The van der Waals surface area contributed by atoms with Crippen molar-refractivity contribution in [3.63, 3.8) is 0 Å². The topological polar surface area (TPSA) is 105 Å². The first kappa shape index (κ1) is 7.96. The summed E-state index contributed by atoms with van der Waals surface area (Å²) >= 11 is 0. The molecule has 0 unspecified atom stereocenters. The fourth-order valence-corrected chi connectivity index (χ4v) is 0.948. The lowest BCUT2D eigenvalue weighted by atomic mass is 10.2. The smallest absolute Gasteiger partial charge is 0.124 e. The minimum atomic E-state index is 0.150. The Hall–Kier alpha value is -2.14. The van der Waals surface area contributed by atoms with Gasteiger partial charge in [0.15, 0.2) is 0 Å². The summed E-state index contributed by atoms with van der Waals surface area (Å²) in [6.45, 7) is 0. The summed E-state index contributed by atoms with van der Waals surface area (Å²) in [5, 5.41) is 17.2. The van der Waals surface area contributed by atoms with E-state index in [-0.39, 0.29) is 22.8 Å². The maximum Gasteiger partial charge on any atom is 0.124 e. The van der Waals surface area contributed by atoms with Gasteiger partial charge in [0.05, 0.1) is 0 Å². The molecular formula is C7H7N5. The molecule has 0 spiro atoms. The van der Waals surface area contributed by atoms with Crippen LogP contribution in [-0.2, 0) is 7.05 Å². The van der Waals surface area contributed by atoms with E-state index >= 15 is 0 Å². The second-order valence-corrected chi connectivity index (χ2v) is 2.30. The lowest BCUT2D eigenvalue weighted by Crippen LogP contribution is -2.00. The number of hydrogen-bond acceptors (Lipinski definition) is 4. The molecule has 0 atom stereocenters. The summed E-state index contributed by atoms with van der Waals surface area (Å²) in [7, 11) is 1.60. The first-order valence-electron chi connectivity index (χ1n) is 3.17. The molecule has 12 heavy (non-hydrogen) atoms. The van der Waals surface area contributed by atoms with E-state index in [1.165, 1.54) is 4.57 Å². The van der Waals surface area contributed by atoms with Gasteiger partial charge in [-0.3, -0.25) is 0 Å². The highest BCUT2D eigenvalue weighted by Crippen LogP contribution is 2.24. The average Bonchev–Trinajstić information content (AvgIpc) is 2.29. The van der Waals surface area contributed by atoms with Crippen LogP contribution >= 0.6 is 0 Å². The van der Waals surface area contributed by atoms with Gasteiger partial charge in [0.2, 0.25) is 0 Å². The van der Waals surface area contributed by atoms with Gasteiger partial charge in [-0.1, -0.05) is 0 Å². The van der Waals surface area contributed by atoms with Crippen molar-refractivity contribution >= 4 is 11.6 Å². The normalized spacial score (nSPS) is 8.92. The molecule has 60 valence electrons. The van der Waals surface area contributed by atoms with E-state index in [9.17, 15) is 0 Å². The summed E-state index contributed by atoms with van der Waals surface area (Å²) in [5.41, 5.74) is 11.3. The van der Waals surface area contributed by atoms with Crippen molar-refractivity contribution in [2.24, 2.45) is 7.05 Å². The second kappa shape index (κ2) is 2.48. The molecule has 0 radical (unpaired) electrons. The zero-order valence-corrected chi connectivity index (χ0v) is 6.50. The maximum atomic E-state index is 8.62. The van der Waals surface area contributed by atoms with Gasteiger partial charge in [-0.2, -0.15) is 10.5 Å². The van der Waals surface area contributed by atoms with Crippen LogP contribution in [0.1, 0.15) is 11.1 Å². The number of nitrogen functional groups attached to an aromatic ring is 2. The summed E-state index contributed by atoms with van der Waals surface area (Å²) < 4.78 is 1.41. The van der Waals surface area contributed by atoms with Crippen LogP contribution in [0.5, 0.6) is 0 Å². The molecule has 0 saturated heterocycles. The van der Waals surface area contributed by atoms with Gasteiger partial charge in [0, 0.05) is 7.05 Å². The van der Waals surface area contributed by atoms with Crippen LogP contribution in [0.25, 0.3) is 0 Å². The van der Waals surface area contributed by atoms with Gasteiger partial charge < -0.3 is 16.0 Å². The molecular weight excluding hydrogens is 154 g/mol. The molecule has 0 bridgehead atoms. The van der Waals surface area contributed by atoms with E-state index in [1.807, 2.05) is 12.1 Å². The van der Waals surface area contributed by atoms with E-state index in [0.29, 0.717) is 0 Å². The summed E-state index contributed by atoms with van der Waals surface area (Å²) in [4.78, 5) is 0. The standard InChI is InChI=1S/C7H7N5/c1-12-6(10)4(2-8)5(3-9)7(12)11/h10-11H2,1H3. The summed E-state index contributed by atoms with van der Waals surface area (Å²) in [6.07, 6.45) is 0. The molecule has 1 aromatic rings. The van der Waals surface area contributed by atoms with Crippen LogP contribution in [0.4, 0.5) is 11.6 Å². The lowest BCUT2D eigenvalue weighted by molar-refractivity contribution is 0.952. The molecule has 0 aromatic carbocycles. The number of anilines is 2. The van der Waals surface area contributed by atoms with E-state index in [2.05, 4.69) is 0 Å². The fourth-order valence-electron chi connectivity index (χ4n) is 0.948. The van der Waals surface area contributed by atoms with Crippen molar-refractivity contribution in [3.05, 3.63) is 11.1 Å². The number of aromatic nitrogens is 1. The van der Waals surface area contributed by atoms with Crippen molar-refractivity contribution in [3.8, 4) is 12.1 Å². The maximum absolute atomic E-state index is 8.62. The SMILES string of the molecule is Cn1c(N)c(C#N)c(C#N)c1N. The van der Waals surface area contributed by atoms with Crippen molar-refractivity contribution in [2.75, 3.05) is 11.5 Å². The molecule has 1 heterocycles. The highest BCUT2D eigenvalue weighted by Gasteiger charge is 2.15. The number of rotatable bonds is 0. The Morgan fingerprint density at radius 3 is 1.67 bits per heavy atom. The quantitative estimate of drug-likeness (QED) is 0.555. The molecule has 4 N–H and O–H groups in total. The van der Waals surface area contributed by atoms with E-state index < -0.39 is 0 Å². The van der Waals surface area contributed by atoms with Crippen LogP contribution in [-0.4, -0.2) is 4.57 Å². The third-order valence-corrected chi connectivity index (χ3v) is 1.71. The van der Waals surface area contributed by atoms with E-state index in [1.54, 1.807) is 7.05 Å². The van der Waals surface area contributed by atoms with Crippen LogP contribution in [0.3, 0.4) is 0 Å². The predicted molar refractivity (Wildman–Crippen MR) is 43.7 cm³/mol. The van der Waals surface area contributed by atoms with Crippen LogP contribution in [0.15, 0.2) is 0 Å². The van der Waals surface area contributed by atoms with Gasteiger partial charge in [-0.05, 0) is 0 Å². The van der Waals surface area contributed by atoms with Gasteiger partial charge in [-0.15, -0.1) is 0 Å². The lowest BCUT2D eigenvalue weighted by Gasteiger charge is -1.96. The third kappa shape index (κ3) is 0.774. The minimum Gasteiger partial charge on any atom is -0.384 e. The number of hydrogen-bond donors (Lipinski definition) is 2. The highest BCUT2D eigenvalue weighted by atomic mass is 15.1. The molecule has 0 aliphatic carbocycles. The van der Waals surface area contributed by atoms with Gasteiger partial charge >= 0.3 is 0 Å². The molecule has 0 amide bonds. The van der Waals surface area contributed by atoms with Gasteiger partial charge in [-0.25, -0.2) is 0 Å². The average molecular weight is 161 g/mol. The number of nitriles is 2. The predicted octanol–water partition coefficient (Wildman–Crippen LogP) is -0.0671. The Labute approximate surface area is 69.4 Å². The Balaban J connectivity index is 3.61. The third-order valence-electron chi connectivity index (χ3n) is 1.71. The van der Waals surface area contributed by atoms with Crippen molar-refractivity contribution in [1.29, 1.82) is 10.5 Å². The highest BCUT2D eigenvalue weighted by molar-refractivity contribution is 5.69. The summed E-state index contributed by atoms with van der Waals surface area (Å²) in [6, 6.07) is 3.66. The van der Waals surface area contributed by atoms with E-state index in [0.717, 1.165) is 0 Å². The molecule has 0 saturated carbocycles. The fraction of sp³-hybridized carbons (Fsp3) is 0.143. The Morgan fingerprint density at radius 1 is 1.08 bits per heavy atom. The molecule has 1 rings (SSSR count). The number of nitrogens with two attached hydrogens (primary N) is 2. The molecule has 1 aromatic heterocycles. The van der Waals surface area contributed by atoms with Crippen LogP contribution in [0, 0.1) is 22.7 Å². The largest absolute Gasteiger partial charge is 0.384 e. The Morgan fingerprint density at radius 2 is 1.42 bits per heavy atom. The van der Waals surface area contributed by atoms with Crippen LogP contribution < -0.4 is 11.5 Å². The first-order chi connectivity index (χ1) is 5.63. The minimum absolute atomic E-state index is 0.150. The molecule has 0 aliphatic heterocycles. The Kier molecular flexibility index (Phi) is 1.64. The first-order valence-corrected chi connectivity index (χ1v) is 3.17. The molecule has 0 fully saturated rings. The Bertz CT molecular complexity index is 363. The number of nitrogens with zero attached hydrogens (tertiary/aromatic N) is 3. The molecule has 5 heteroatoms. The zero-order chi connectivity index (χ0) is 9.30. The molecule has 0 aliphatic rings. The monoisotopic (exact) mass is 161 g/mol. The van der Waals surface area contributed by atoms with Crippen LogP contribution in [0.2, 0.25) is 0 Å². The van der Waals surface area contributed by atoms with Crippen molar-refractivity contribution in [1.82, 2.24) is 4.57 Å². The van der Waals surface area contributed by atoms with E-state index in [4.69, 9.17) is 22.0 Å². The van der Waals surface area contributed by atoms with Crippen molar-refractivity contribution in [2.45, 2.75) is 0 Å². The molecule has 5 nitrogen and oxygen atoms in total.